The Morgan fingerprint density at radius 2 is 1.89 bits per heavy atom. The molecule has 1 amide bonds. The molecular formula is C13H11ClN2O2. The van der Waals surface area contributed by atoms with Gasteiger partial charge in [-0.25, -0.2) is 4.79 Å². The van der Waals surface area contributed by atoms with Gasteiger partial charge in [-0.3, -0.25) is 4.98 Å². The standard InChI is InChI=1S/C13H11ClN2O2/c14-12-4-2-1-3-11(12)13(17)16(18)9-10-5-7-15-8-6-10/h1-8,16H,9H2. The molecule has 1 unspecified atom stereocenters. The van der Waals surface area contributed by atoms with Crippen LogP contribution in [0.25, 0.3) is 0 Å². The van der Waals surface area contributed by atoms with E-state index >= 15 is 0 Å². The van der Waals surface area contributed by atoms with Gasteiger partial charge in [-0.1, -0.05) is 23.7 Å². The van der Waals surface area contributed by atoms with Gasteiger partial charge in [0.2, 0.25) is 0 Å². The Labute approximate surface area is 109 Å². The molecule has 1 aromatic carbocycles. The largest absolute Gasteiger partial charge is 0.626 e. The Hall–Kier alpha value is -1.75. The molecule has 2 rings (SSSR count). The van der Waals surface area contributed by atoms with Crippen LogP contribution in [0.3, 0.4) is 0 Å². The van der Waals surface area contributed by atoms with Crippen molar-refractivity contribution in [1.82, 2.24) is 4.98 Å². The lowest BCUT2D eigenvalue weighted by Crippen LogP contribution is -3.08. The summed E-state index contributed by atoms with van der Waals surface area (Å²) in [5.74, 6) is -0.558. The van der Waals surface area contributed by atoms with Gasteiger partial charge in [-0.05, 0) is 24.3 Å². The summed E-state index contributed by atoms with van der Waals surface area (Å²) in [5.41, 5.74) is 1.01. The SMILES string of the molecule is O=C(c1ccccc1Cl)[NH+]([O-])Cc1ccncc1. The van der Waals surface area contributed by atoms with Crippen molar-refractivity contribution in [2.75, 3.05) is 0 Å². The first-order valence-corrected chi connectivity index (χ1v) is 5.77. The number of carbonyl (C=O) groups is 1. The summed E-state index contributed by atoms with van der Waals surface area (Å²) in [7, 11) is 0. The van der Waals surface area contributed by atoms with E-state index in [1.165, 1.54) is 0 Å². The predicted molar refractivity (Wildman–Crippen MR) is 68.1 cm³/mol. The minimum absolute atomic E-state index is 0.0621. The third-order valence-electron chi connectivity index (χ3n) is 2.49. The van der Waals surface area contributed by atoms with E-state index in [1.54, 1.807) is 48.8 Å². The van der Waals surface area contributed by atoms with Crippen molar-refractivity contribution in [3.63, 3.8) is 0 Å². The van der Waals surface area contributed by atoms with E-state index in [9.17, 15) is 10.0 Å². The first-order valence-electron chi connectivity index (χ1n) is 5.39. The number of amides is 1. The molecule has 18 heavy (non-hydrogen) atoms. The number of pyridine rings is 1. The maximum atomic E-state index is 11.9. The molecular weight excluding hydrogens is 252 g/mol. The van der Waals surface area contributed by atoms with E-state index in [1.807, 2.05) is 0 Å². The lowest BCUT2D eigenvalue weighted by atomic mass is 10.2. The number of benzene rings is 1. The highest BCUT2D eigenvalue weighted by Gasteiger charge is 2.17. The fourth-order valence-electron chi connectivity index (χ4n) is 1.56. The Bertz CT molecular complexity index is 546. The van der Waals surface area contributed by atoms with Crippen LogP contribution in [0, 0.1) is 5.21 Å². The van der Waals surface area contributed by atoms with Crippen molar-refractivity contribution < 1.29 is 9.86 Å². The minimum Gasteiger partial charge on any atom is -0.626 e. The zero-order valence-electron chi connectivity index (χ0n) is 9.47. The first kappa shape index (κ1) is 12.7. The second-order valence-electron chi connectivity index (χ2n) is 3.76. The molecule has 0 aliphatic heterocycles. The van der Waals surface area contributed by atoms with Crippen LogP contribution < -0.4 is 5.06 Å². The van der Waals surface area contributed by atoms with E-state index in [0.717, 1.165) is 5.56 Å². The molecule has 0 aliphatic rings. The van der Waals surface area contributed by atoms with Gasteiger partial charge in [-0.15, -0.1) is 0 Å². The maximum absolute atomic E-state index is 11.9. The summed E-state index contributed by atoms with van der Waals surface area (Å²) in [6, 6.07) is 9.95. The average Bonchev–Trinajstić information content (AvgIpc) is 2.39. The average molecular weight is 263 g/mol. The lowest BCUT2D eigenvalue weighted by molar-refractivity contribution is -0.773. The number of aromatic nitrogens is 1. The van der Waals surface area contributed by atoms with Crippen LogP contribution in [0.1, 0.15) is 15.9 Å². The van der Waals surface area contributed by atoms with Gasteiger partial charge in [0, 0.05) is 18.0 Å². The number of carbonyl (C=O) groups excluding carboxylic acids is 1. The first-order chi connectivity index (χ1) is 8.68. The normalized spacial score (nSPS) is 12.1. The molecule has 0 radical (unpaired) electrons. The third kappa shape index (κ3) is 2.92. The Morgan fingerprint density at radius 1 is 1.22 bits per heavy atom. The van der Waals surface area contributed by atoms with Crippen LogP contribution in [0.5, 0.6) is 0 Å². The zero-order chi connectivity index (χ0) is 13.0. The highest BCUT2D eigenvalue weighted by molar-refractivity contribution is 6.33. The van der Waals surface area contributed by atoms with Crippen molar-refractivity contribution in [3.05, 3.63) is 70.1 Å². The lowest BCUT2D eigenvalue weighted by Gasteiger charge is -2.19. The Kier molecular flexibility index (Phi) is 4.04. The van der Waals surface area contributed by atoms with Gasteiger partial charge in [0.25, 0.3) is 0 Å². The highest BCUT2D eigenvalue weighted by Crippen LogP contribution is 2.13. The topological polar surface area (TPSA) is 57.5 Å². The molecule has 0 aliphatic carbocycles. The van der Waals surface area contributed by atoms with Gasteiger partial charge in [0.1, 0.15) is 6.54 Å². The molecule has 0 bridgehead atoms. The zero-order valence-corrected chi connectivity index (χ0v) is 10.2. The third-order valence-corrected chi connectivity index (χ3v) is 2.82. The second-order valence-corrected chi connectivity index (χ2v) is 4.17. The molecule has 1 aromatic heterocycles. The van der Waals surface area contributed by atoms with Crippen LogP contribution in [-0.4, -0.2) is 10.9 Å². The van der Waals surface area contributed by atoms with Gasteiger partial charge in [0.15, 0.2) is 0 Å². The second kappa shape index (κ2) is 5.73. The summed E-state index contributed by atoms with van der Waals surface area (Å²) in [6.45, 7) is 0.0621. The molecule has 1 N–H and O–H groups in total. The van der Waals surface area contributed by atoms with E-state index < -0.39 is 11.0 Å². The van der Waals surface area contributed by atoms with Crippen LogP contribution in [0.4, 0.5) is 0 Å². The molecule has 1 heterocycles. The van der Waals surface area contributed by atoms with Gasteiger partial charge >= 0.3 is 5.91 Å². The van der Waals surface area contributed by atoms with Gasteiger partial charge < -0.3 is 10.3 Å². The number of quaternary nitrogens is 1. The highest BCUT2D eigenvalue weighted by atomic mass is 35.5. The molecule has 92 valence electrons. The van der Waals surface area contributed by atoms with E-state index in [0.29, 0.717) is 5.02 Å². The van der Waals surface area contributed by atoms with Crippen LogP contribution >= 0.6 is 11.6 Å². The molecule has 2 aromatic rings. The Morgan fingerprint density at radius 3 is 2.56 bits per heavy atom. The van der Waals surface area contributed by atoms with E-state index in [-0.39, 0.29) is 12.1 Å². The number of nitrogens with one attached hydrogen (secondary N) is 1. The summed E-state index contributed by atoms with van der Waals surface area (Å²) in [5, 5.41) is 11.7. The van der Waals surface area contributed by atoms with Crippen LogP contribution in [0.2, 0.25) is 5.02 Å². The quantitative estimate of drug-likeness (QED) is 0.852. The van der Waals surface area contributed by atoms with Gasteiger partial charge in [0.05, 0.1) is 10.6 Å². The van der Waals surface area contributed by atoms with Crippen molar-refractivity contribution in [2.45, 2.75) is 6.54 Å². The smallest absolute Gasteiger partial charge is 0.345 e. The number of hydrogen-bond acceptors (Lipinski definition) is 3. The number of rotatable bonds is 3. The van der Waals surface area contributed by atoms with Crippen molar-refractivity contribution in [2.24, 2.45) is 0 Å². The summed E-state index contributed by atoms with van der Waals surface area (Å²) >= 11 is 5.88. The fourth-order valence-corrected chi connectivity index (χ4v) is 1.78. The molecule has 4 nitrogen and oxygen atoms in total. The maximum Gasteiger partial charge on any atom is 0.345 e. The van der Waals surface area contributed by atoms with Crippen LogP contribution in [0.15, 0.2) is 48.8 Å². The summed E-state index contributed by atoms with van der Waals surface area (Å²) in [4.78, 5) is 15.8. The Balaban J connectivity index is 2.13. The van der Waals surface area contributed by atoms with Crippen molar-refractivity contribution >= 4 is 17.5 Å². The molecule has 5 heteroatoms. The minimum atomic E-state index is -0.558. The van der Waals surface area contributed by atoms with Gasteiger partial charge in [-0.2, -0.15) is 0 Å². The molecule has 1 atom stereocenters. The predicted octanol–water partition coefficient (Wildman–Crippen LogP) is 1.46. The van der Waals surface area contributed by atoms with Crippen molar-refractivity contribution in [1.29, 1.82) is 0 Å². The fraction of sp³-hybridized carbons (Fsp3) is 0.0769. The number of nitrogens with zero attached hydrogens (tertiary/aromatic N) is 1. The number of hydroxylamine groups is 2. The summed E-state index contributed by atoms with van der Waals surface area (Å²) in [6.07, 6.45) is 3.17. The molecule has 0 spiro atoms. The number of halogens is 1. The van der Waals surface area contributed by atoms with E-state index in [2.05, 4.69) is 4.98 Å². The monoisotopic (exact) mass is 262 g/mol. The number of hydrogen-bond donors (Lipinski definition) is 1. The molecule has 0 saturated heterocycles. The summed E-state index contributed by atoms with van der Waals surface area (Å²) < 4.78 is 0. The van der Waals surface area contributed by atoms with Crippen LogP contribution in [-0.2, 0) is 6.54 Å². The van der Waals surface area contributed by atoms with Crippen molar-refractivity contribution in [3.8, 4) is 0 Å². The molecule has 0 fully saturated rings. The molecule has 0 saturated carbocycles. The van der Waals surface area contributed by atoms with E-state index in [4.69, 9.17) is 11.6 Å².